The molecule has 0 atom stereocenters. The van der Waals surface area contributed by atoms with E-state index in [0.717, 1.165) is 25.2 Å². The molecule has 112 valence electrons. The number of hydrogen-bond donors (Lipinski definition) is 2. The quantitative estimate of drug-likeness (QED) is 0.710. The SMILES string of the molecule is CNCCCNc1cccc2c1C(=O)c1ccccc1C2=O. The van der Waals surface area contributed by atoms with Crippen LogP contribution < -0.4 is 10.6 Å². The summed E-state index contributed by atoms with van der Waals surface area (Å²) in [5.74, 6) is -0.161. The first-order valence-electron chi connectivity index (χ1n) is 7.44. The normalized spacial score (nSPS) is 12.8. The molecule has 2 aromatic rings. The van der Waals surface area contributed by atoms with E-state index in [9.17, 15) is 9.59 Å². The highest BCUT2D eigenvalue weighted by Gasteiger charge is 2.31. The van der Waals surface area contributed by atoms with Crippen LogP contribution in [0.1, 0.15) is 38.3 Å². The van der Waals surface area contributed by atoms with Gasteiger partial charge >= 0.3 is 0 Å². The fraction of sp³-hybridized carbons (Fsp3) is 0.222. The van der Waals surface area contributed by atoms with Gasteiger partial charge in [0.2, 0.25) is 0 Å². The van der Waals surface area contributed by atoms with E-state index in [-0.39, 0.29) is 11.6 Å². The van der Waals surface area contributed by atoms with Crippen LogP contribution in [0, 0.1) is 0 Å². The van der Waals surface area contributed by atoms with E-state index < -0.39 is 0 Å². The molecule has 4 nitrogen and oxygen atoms in total. The van der Waals surface area contributed by atoms with Gasteiger partial charge in [0.15, 0.2) is 11.6 Å². The predicted molar refractivity (Wildman–Crippen MR) is 86.8 cm³/mol. The van der Waals surface area contributed by atoms with Crippen molar-refractivity contribution in [2.45, 2.75) is 6.42 Å². The maximum Gasteiger partial charge on any atom is 0.196 e. The van der Waals surface area contributed by atoms with Gasteiger partial charge in [0, 0.05) is 28.9 Å². The van der Waals surface area contributed by atoms with E-state index in [1.807, 2.05) is 19.2 Å². The number of carbonyl (C=O) groups is 2. The number of carbonyl (C=O) groups excluding carboxylic acids is 2. The molecule has 0 saturated carbocycles. The molecule has 2 N–H and O–H groups in total. The van der Waals surface area contributed by atoms with Gasteiger partial charge in [-0.15, -0.1) is 0 Å². The van der Waals surface area contributed by atoms with Crippen LogP contribution in [0.25, 0.3) is 0 Å². The van der Waals surface area contributed by atoms with E-state index >= 15 is 0 Å². The van der Waals surface area contributed by atoms with Crippen LogP contribution in [0.2, 0.25) is 0 Å². The van der Waals surface area contributed by atoms with Crippen LogP contribution in [0.3, 0.4) is 0 Å². The van der Waals surface area contributed by atoms with E-state index in [1.165, 1.54) is 0 Å². The molecule has 0 heterocycles. The zero-order valence-electron chi connectivity index (χ0n) is 12.5. The number of anilines is 1. The summed E-state index contributed by atoms with van der Waals surface area (Å²) in [6.45, 7) is 1.65. The second-order valence-corrected chi connectivity index (χ2v) is 5.32. The minimum atomic E-state index is -0.0816. The maximum atomic E-state index is 12.8. The molecular weight excluding hydrogens is 276 g/mol. The van der Waals surface area contributed by atoms with Gasteiger partial charge in [0.05, 0.1) is 5.56 Å². The second kappa shape index (κ2) is 6.12. The predicted octanol–water partition coefficient (Wildman–Crippen LogP) is 2.48. The van der Waals surface area contributed by atoms with Gasteiger partial charge in [0.1, 0.15) is 0 Å². The van der Waals surface area contributed by atoms with Crippen molar-refractivity contribution in [3.05, 3.63) is 64.7 Å². The smallest absolute Gasteiger partial charge is 0.196 e. The average Bonchev–Trinajstić information content (AvgIpc) is 2.56. The highest BCUT2D eigenvalue weighted by molar-refractivity contribution is 6.30. The van der Waals surface area contributed by atoms with E-state index in [4.69, 9.17) is 0 Å². The van der Waals surface area contributed by atoms with Crippen LogP contribution in [-0.4, -0.2) is 31.7 Å². The topological polar surface area (TPSA) is 58.2 Å². The molecule has 1 aliphatic carbocycles. The molecule has 3 rings (SSSR count). The van der Waals surface area contributed by atoms with Crippen LogP contribution in [0.15, 0.2) is 42.5 Å². The molecule has 22 heavy (non-hydrogen) atoms. The summed E-state index contributed by atoms with van der Waals surface area (Å²) < 4.78 is 0. The summed E-state index contributed by atoms with van der Waals surface area (Å²) in [5.41, 5.74) is 2.70. The first kappa shape index (κ1) is 14.5. The lowest BCUT2D eigenvalue weighted by Gasteiger charge is -2.20. The van der Waals surface area contributed by atoms with Crippen molar-refractivity contribution in [3.8, 4) is 0 Å². The fourth-order valence-electron chi connectivity index (χ4n) is 2.78. The highest BCUT2D eigenvalue weighted by atomic mass is 16.1. The first-order valence-corrected chi connectivity index (χ1v) is 7.44. The Morgan fingerprint density at radius 2 is 1.50 bits per heavy atom. The van der Waals surface area contributed by atoms with Crippen molar-refractivity contribution in [2.24, 2.45) is 0 Å². The minimum Gasteiger partial charge on any atom is -0.384 e. The summed E-state index contributed by atoms with van der Waals surface area (Å²) in [7, 11) is 1.91. The third-order valence-electron chi connectivity index (χ3n) is 3.87. The van der Waals surface area contributed by atoms with Gasteiger partial charge in [-0.3, -0.25) is 9.59 Å². The lowest BCUT2D eigenvalue weighted by Crippen LogP contribution is -2.23. The molecule has 0 aliphatic heterocycles. The highest BCUT2D eigenvalue weighted by Crippen LogP contribution is 2.31. The summed E-state index contributed by atoms with van der Waals surface area (Å²) in [6, 6.07) is 12.4. The maximum absolute atomic E-state index is 12.8. The monoisotopic (exact) mass is 294 g/mol. The van der Waals surface area contributed by atoms with E-state index in [2.05, 4.69) is 10.6 Å². The van der Waals surface area contributed by atoms with Crippen molar-refractivity contribution in [3.63, 3.8) is 0 Å². The number of ketones is 2. The summed E-state index contributed by atoms with van der Waals surface area (Å²) in [6.07, 6.45) is 0.943. The molecule has 1 aliphatic rings. The van der Waals surface area contributed by atoms with Crippen molar-refractivity contribution >= 4 is 17.3 Å². The van der Waals surface area contributed by atoms with Crippen LogP contribution in [-0.2, 0) is 0 Å². The van der Waals surface area contributed by atoms with Crippen LogP contribution >= 0.6 is 0 Å². The third-order valence-corrected chi connectivity index (χ3v) is 3.87. The average molecular weight is 294 g/mol. The summed E-state index contributed by atoms with van der Waals surface area (Å²) >= 11 is 0. The lowest BCUT2D eigenvalue weighted by molar-refractivity contribution is 0.0979. The van der Waals surface area contributed by atoms with Crippen LogP contribution in [0.5, 0.6) is 0 Å². The van der Waals surface area contributed by atoms with Gasteiger partial charge in [-0.25, -0.2) is 0 Å². The molecular formula is C18H18N2O2. The van der Waals surface area contributed by atoms with Gasteiger partial charge in [0.25, 0.3) is 0 Å². The van der Waals surface area contributed by atoms with Crippen molar-refractivity contribution in [1.82, 2.24) is 5.32 Å². The van der Waals surface area contributed by atoms with E-state index in [1.54, 1.807) is 30.3 Å². The third kappa shape index (κ3) is 2.42. The first-order chi connectivity index (χ1) is 10.7. The number of fused-ring (bicyclic) bond motifs is 2. The lowest BCUT2D eigenvalue weighted by atomic mass is 9.83. The van der Waals surface area contributed by atoms with Crippen molar-refractivity contribution in [1.29, 1.82) is 0 Å². The van der Waals surface area contributed by atoms with Gasteiger partial charge in [-0.1, -0.05) is 36.4 Å². The van der Waals surface area contributed by atoms with E-state index in [0.29, 0.717) is 22.3 Å². The molecule has 0 saturated heterocycles. The molecule has 0 unspecified atom stereocenters. The van der Waals surface area contributed by atoms with Gasteiger partial charge in [-0.05, 0) is 26.1 Å². The Balaban J connectivity index is 1.98. The molecule has 0 spiro atoms. The minimum absolute atomic E-state index is 0.0796. The second-order valence-electron chi connectivity index (χ2n) is 5.32. The summed E-state index contributed by atoms with van der Waals surface area (Å²) in [5, 5.41) is 6.36. The largest absolute Gasteiger partial charge is 0.384 e. The van der Waals surface area contributed by atoms with Gasteiger partial charge < -0.3 is 10.6 Å². The Labute approximate surface area is 129 Å². The Morgan fingerprint density at radius 1 is 0.818 bits per heavy atom. The molecule has 0 amide bonds. The molecule has 2 aromatic carbocycles. The van der Waals surface area contributed by atoms with Gasteiger partial charge in [-0.2, -0.15) is 0 Å². The zero-order chi connectivity index (χ0) is 15.5. The fourth-order valence-corrected chi connectivity index (χ4v) is 2.78. The number of rotatable bonds is 5. The van der Waals surface area contributed by atoms with Crippen LogP contribution in [0.4, 0.5) is 5.69 Å². The van der Waals surface area contributed by atoms with Crippen molar-refractivity contribution < 1.29 is 9.59 Å². The number of benzene rings is 2. The molecule has 0 radical (unpaired) electrons. The Kier molecular flexibility index (Phi) is 4.02. The molecule has 0 bridgehead atoms. The molecule has 4 heteroatoms. The van der Waals surface area contributed by atoms with Crippen molar-refractivity contribution in [2.75, 3.05) is 25.5 Å². The number of hydrogen-bond acceptors (Lipinski definition) is 4. The molecule has 0 aromatic heterocycles. The molecule has 0 fully saturated rings. The Hall–Kier alpha value is -2.46. The Morgan fingerprint density at radius 3 is 2.23 bits per heavy atom. The zero-order valence-corrected chi connectivity index (χ0v) is 12.5. The standard InChI is InChI=1S/C18H18N2O2/c1-19-10-5-11-20-15-9-4-8-14-16(15)18(22)13-7-3-2-6-12(13)17(14)21/h2-4,6-9,19-20H,5,10-11H2,1H3. The summed E-state index contributed by atoms with van der Waals surface area (Å²) in [4.78, 5) is 25.4. The Bertz CT molecular complexity index is 738. The number of nitrogens with one attached hydrogen (secondary N) is 2.